The van der Waals surface area contributed by atoms with Crippen molar-refractivity contribution < 1.29 is 14.2 Å². The van der Waals surface area contributed by atoms with Gasteiger partial charge in [0.1, 0.15) is 0 Å². The minimum absolute atomic E-state index is 0.117. The Morgan fingerprint density at radius 3 is 2.16 bits per heavy atom. The number of nitrogen functional groups attached to an aromatic ring is 1. The van der Waals surface area contributed by atoms with Crippen LogP contribution in [-0.4, -0.2) is 36.3 Å². The number of rotatable bonds is 6. The van der Waals surface area contributed by atoms with E-state index in [9.17, 15) is 4.79 Å². The Balaban J connectivity index is 2.09. The van der Waals surface area contributed by atoms with Crippen molar-refractivity contribution in [3.05, 3.63) is 58.9 Å². The summed E-state index contributed by atoms with van der Waals surface area (Å²) in [5.74, 6) is 6.96. The summed E-state index contributed by atoms with van der Waals surface area (Å²) >= 11 is 0. The smallest absolute Gasteiger partial charge is 0.262 e. The number of ether oxygens (including phenoxy) is 3. The maximum absolute atomic E-state index is 12.9. The van der Waals surface area contributed by atoms with Gasteiger partial charge in [0, 0.05) is 11.1 Å². The van der Waals surface area contributed by atoms with Crippen LogP contribution in [0.2, 0.25) is 0 Å². The highest BCUT2D eigenvalue weighted by Gasteiger charge is 2.19. The van der Waals surface area contributed by atoms with Gasteiger partial charge in [-0.05, 0) is 23.8 Å². The summed E-state index contributed by atoms with van der Waals surface area (Å²) in [7, 11) is 4.61. The molecule has 0 atom stereocenters. The molecule has 0 aliphatic carbocycles. The van der Waals surface area contributed by atoms with Gasteiger partial charge in [-0.15, -0.1) is 0 Å². The number of aromatic amines is 1. The first kappa shape index (κ1) is 20.2. The number of nitrogens with two attached hydrogens (primary N) is 1. The van der Waals surface area contributed by atoms with Gasteiger partial charge in [0.05, 0.1) is 32.4 Å². The lowest BCUT2D eigenvalue weighted by molar-refractivity contribution is 0.324. The van der Waals surface area contributed by atoms with Gasteiger partial charge < -0.3 is 14.2 Å². The Labute approximate surface area is 177 Å². The molecule has 2 aromatic carbocycles. The fraction of sp³-hybridized carbons (Fsp3) is 0.136. The van der Waals surface area contributed by atoms with Crippen LogP contribution in [0.15, 0.2) is 53.3 Å². The number of hydrogen-bond acceptors (Lipinski definition) is 8. The summed E-state index contributed by atoms with van der Waals surface area (Å²) in [5, 5.41) is 0.313. The Morgan fingerprint density at radius 1 is 0.903 bits per heavy atom. The van der Waals surface area contributed by atoms with Gasteiger partial charge in [0.2, 0.25) is 11.7 Å². The number of pyridine rings is 1. The topological polar surface area (TPSA) is 124 Å². The van der Waals surface area contributed by atoms with Crippen molar-refractivity contribution in [2.45, 2.75) is 0 Å². The molecule has 4 N–H and O–H groups in total. The van der Waals surface area contributed by atoms with E-state index >= 15 is 0 Å². The summed E-state index contributed by atoms with van der Waals surface area (Å²) in [5.41, 5.74) is 5.06. The molecular weight excluding hydrogens is 398 g/mol. The molecule has 0 radical (unpaired) electrons. The number of hydrazine groups is 1. The average Bonchev–Trinajstić information content (AvgIpc) is 2.82. The predicted octanol–water partition coefficient (Wildman–Crippen LogP) is 2.96. The lowest BCUT2D eigenvalue weighted by atomic mass is 9.99. The highest BCUT2D eigenvalue weighted by atomic mass is 16.5. The first-order valence-corrected chi connectivity index (χ1v) is 9.37. The van der Waals surface area contributed by atoms with Gasteiger partial charge in [-0.2, -0.15) is 4.98 Å². The minimum Gasteiger partial charge on any atom is -0.493 e. The van der Waals surface area contributed by atoms with Gasteiger partial charge in [-0.25, -0.2) is 10.8 Å². The van der Waals surface area contributed by atoms with Crippen LogP contribution in [-0.2, 0) is 0 Å². The largest absolute Gasteiger partial charge is 0.493 e. The van der Waals surface area contributed by atoms with Crippen LogP contribution >= 0.6 is 0 Å². The zero-order valence-electron chi connectivity index (χ0n) is 17.2. The van der Waals surface area contributed by atoms with Crippen molar-refractivity contribution >= 4 is 17.0 Å². The van der Waals surface area contributed by atoms with E-state index in [1.165, 1.54) is 21.3 Å². The molecule has 9 nitrogen and oxygen atoms in total. The van der Waals surface area contributed by atoms with Crippen LogP contribution in [0.1, 0.15) is 0 Å². The molecule has 0 aliphatic rings. The highest BCUT2D eigenvalue weighted by molar-refractivity contribution is 5.95. The standard InChI is InChI=1S/C22H21N5O4/c1-29-16-9-13(10-17(30-2)19(16)31-3)14-11-15(12-7-5-4-6-8-12)24-20-18(14)21(28)26-22(25-20)27-23/h4-11H,23H2,1-3H3,(H2,24,25,26,27,28). The summed E-state index contributed by atoms with van der Waals surface area (Å²) in [6, 6.07) is 15.0. The van der Waals surface area contributed by atoms with Crippen molar-refractivity contribution in [2.24, 2.45) is 5.84 Å². The molecule has 9 heteroatoms. The average molecular weight is 419 g/mol. The third-order valence-electron chi connectivity index (χ3n) is 4.86. The molecule has 4 aromatic rings. The van der Waals surface area contributed by atoms with Gasteiger partial charge in [0.15, 0.2) is 17.1 Å². The SMILES string of the molecule is COc1cc(-c2cc(-c3ccccc3)nc3nc(NN)[nH]c(=O)c23)cc(OC)c1OC. The van der Waals surface area contributed by atoms with Crippen LogP contribution in [0.3, 0.4) is 0 Å². The monoisotopic (exact) mass is 419 g/mol. The number of nitrogens with one attached hydrogen (secondary N) is 2. The van der Waals surface area contributed by atoms with E-state index in [-0.39, 0.29) is 17.2 Å². The summed E-state index contributed by atoms with van der Waals surface area (Å²) in [4.78, 5) is 24.5. The zero-order valence-corrected chi connectivity index (χ0v) is 17.2. The number of H-pyrrole nitrogens is 1. The van der Waals surface area contributed by atoms with Gasteiger partial charge in [0.25, 0.3) is 5.56 Å². The normalized spacial score (nSPS) is 10.7. The number of aromatic nitrogens is 3. The third kappa shape index (κ3) is 3.62. The van der Waals surface area contributed by atoms with Crippen molar-refractivity contribution in [3.63, 3.8) is 0 Å². The number of nitrogens with zero attached hydrogens (tertiary/aromatic N) is 2. The van der Waals surface area contributed by atoms with E-state index in [2.05, 4.69) is 20.4 Å². The lowest BCUT2D eigenvalue weighted by Gasteiger charge is -2.15. The first-order valence-electron chi connectivity index (χ1n) is 9.37. The Bertz CT molecular complexity index is 1280. The van der Waals surface area contributed by atoms with Crippen LogP contribution in [0.4, 0.5) is 5.95 Å². The van der Waals surface area contributed by atoms with Crippen LogP contribution in [0, 0.1) is 0 Å². The molecule has 0 unspecified atom stereocenters. The fourth-order valence-electron chi connectivity index (χ4n) is 3.43. The Kier molecular flexibility index (Phi) is 5.42. The van der Waals surface area contributed by atoms with E-state index in [1.54, 1.807) is 12.1 Å². The van der Waals surface area contributed by atoms with E-state index < -0.39 is 0 Å². The number of methoxy groups -OCH3 is 3. The molecule has 2 heterocycles. The van der Waals surface area contributed by atoms with Crippen LogP contribution in [0.25, 0.3) is 33.4 Å². The molecule has 158 valence electrons. The number of fused-ring (bicyclic) bond motifs is 1. The van der Waals surface area contributed by atoms with Crippen LogP contribution in [0.5, 0.6) is 17.2 Å². The molecule has 31 heavy (non-hydrogen) atoms. The molecule has 2 aromatic heterocycles. The van der Waals surface area contributed by atoms with E-state index in [0.29, 0.717) is 39.5 Å². The lowest BCUT2D eigenvalue weighted by Crippen LogP contribution is -2.18. The van der Waals surface area contributed by atoms with Gasteiger partial charge in [-0.3, -0.25) is 15.2 Å². The molecule has 0 amide bonds. The maximum atomic E-state index is 12.9. The van der Waals surface area contributed by atoms with Crippen molar-refractivity contribution in [3.8, 4) is 39.6 Å². The fourth-order valence-corrected chi connectivity index (χ4v) is 3.43. The second-order valence-corrected chi connectivity index (χ2v) is 6.59. The van der Waals surface area contributed by atoms with Crippen molar-refractivity contribution in [1.29, 1.82) is 0 Å². The van der Waals surface area contributed by atoms with Gasteiger partial charge in [-0.1, -0.05) is 30.3 Å². The summed E-state index contributed by atoms with van der Waals surface area (Å²) in [6.07, 6.45) is 0. The van der Waals surface area contributed by atoms with Crippen molar-refractivity contribution in [2.75, 3.05) is 26.8 Å². The molecule has 0 saturated carbocycles. The Morgan fingerprint density at radius 2 is 1.58 bits per heavy atom. The minimum atomic E-state index is -0.381. The molecule has 4 rings (SSSR count). The summed E-state index contributed by atoms with van der Waals surface area (Å²) < 4.78 is 16.4. The van der Waals surface area contributed by atoms with Crippen molar-refractivity contribution in [1.82, 2.24) is 15.0 Å². The Hall–Kier alpha value is -4.11. The molecular formula is C22H21N5O4. The molecule has 0 bridgehead atoms. The predicted molar refractivity (Wildman–Crippen MR) is 118 cm³/mol. The molecule has 0 saturated heterocycles. The van der Waals surface area contributed by atoms with Crippen LogP contribution < -0.4 is 31.0 Å². The molecule has 0 aliphatic heterocycles. The quantitative estimate of drug-likeness (QED) is 0.322. The highest BCUT2D eigenvalue weighted by Crippen LogP contribution is 2.42. The summed E-state index contributed by atoms with van der Waals surface area (Å²) in [6.45, 7) is 0. The second-order valence-electron chi connectivity index (χ2n) is 6.59. The van der Waals surface area contributed by atoms with Gasteiger partial charge >= 0.3 is 0 Å². The number of anilines is 1. The maximum Gasteiger partial charge on any atom is 0.262 e. The molecule has 0 spiro atoms. The molecule has 0 fully saturated rings. The third-order valence-corrected chi connectivity index (χ3v) is 4.86. The van der Waals surface area contributed by atoms with E-state index in [1.807, 2.05) is 36.4 Å². The van der Waals surface area contributed by atoms with E-state index in [4.69, 9.17) is 20.1 Å². The number of benzene rings is 2. The second kappa shape index (κ2) is 8.33. The van der Waals surface area contributed by atoms with E-state index in [0.717, 1.165) is 5.56 Å². The first-order chi connectivity index (χ1) is 15.1. The zero-order chi connectivity index (χ0) is 22.0. The number of hydrogen-bond donors (Lipinski definition) is 3.